The number of piperidine rings is 1. The van der Waals surface area contributed by atoms with Crippen LogP contribution in [0.1, 0.15) is 51.3 Å². The Morgan fingerprint density at radius 3 is 2.60 bits per heavy atom. The lowest BCUT2D eigenvalue weighted by molar-refractivity contribution is 0.392. The van der Waals surface area contributed by atoms with E-state index in [1.807, 2.05) is 6.20 Å². The van der Waals surface area contributed by atoms with Crippen LogP contribution in [0.15, 0.2) is 6.20 Å². The van der Waals surface area contributed by atoms with Crippen molar-refractivity contribution in [1.29, 1.82) is 0 Å². The van der Waals surface area contributed by atoms with Gasteiger partial charge in [0.05, 0.1) is 0 Å². The molecule has 1 aliphatic rings. The van der Waals surface area contributed by atoms with Gasteiger partial charge in [0, 0.05) is 43.1 Å². The second kappa shape index (κ2) is 7.02. The maximum atomic E-state index is 4.70. The van der Waals surface area contributed by atoms with Crippen molar-refractivity contribution in [3.05, 3.63) is 17.5 Å². The Kier molecular flexibility index (Phi) is 5.35. The summed E-state index contributed by atoms with van der Waals surface area (Å²) in [5.41, 5.74) is 2.30. The van der Waals surface area contributed by atoms with Crippen LogP contribution in [-0.2, 0) is 6.54 Å². The van der Waals surface area contributed by atoms with Crippen molar-refractivity contribution in [2.45, 2.75) is 59.5 Å². The Morgan fingerprint density at radius 2 is 2.05 bits per heavy atom. The summed E-state index contributed by atoms with van der Waals surface area (Å²) < 4.78 is 0. The minimum absolute atomic E-state index is 0.488. The highest BCUT2D eigenvalue weighted by Gasteiger charge is 2.20. The first-order valence-electron chi connectivity index (χ1n) is 7.91. The van der Waals surface area contributed by atoms with Crippen molar-refractivity contribution in [1.82, 2.24) is 15.3 Å². The van der Waals surface area contributed by atoms with E-state index in [1.165, 1.54) is 24.8 Å². The van der Waals surface area contributed by atoms with Gasteiger partial charge in [0.2, 0.25) is 5.95 Å². The van der Waals surface area contributed by atoms with Crippen LogP contribution in [-0.4, -0.2) is 29.1 Å². The van der Waals surface area contributed by atoms with E-state index in [-0.39, 0.29) is 0 Å². The molecule has 20 heavy (non-hydrogen) atoms. The van der Waals surface area contributed by atoms with Gasteiger partial charge in [-0.25, -0.2) is 9.97 Å². The fourth-order valence-electron chi connectivity index (χ4n) is 2.66. The van der Waals surface area contributed by atoms with Crippen molar-refractivity contribution in [2.24, 2.45) is 5.92 Å². The van der Waals surface area contributed by atoms with Gasteiger partial charge in [-0.3, -0.25) is 0 Å². The van der Waals surface area contributed by atoms with Gasteiger partial charge in [0.1, 0.15) is 0 Å². The van der Waals surface area contributed by atoms with Crippen LogP contribution in [0.4, 0.5) is 5.95 Å². The summed E-state index contributed by atoms with van der Waals surface area (Å²) in [6.45, 7) is 11.7. The van der Waals surface area contributed by atoms with Gasteiger partial charge in [-0.05, 0) is 25.7 Å². The van der Waals surface area contributed by atoms with Crippen LogP contribution in [0.3, 0.4) is 0 Å². The van der Waals surface area contributed by atoms with Crippen LogP contribution in [0, 0.1) is 12.8 Å². The third-order valence-electron chi connectivity index (χ3n) is 4.24. The number of aromatic nitrogens is 2. The summed E-state index contributed by atoms with van der Waals surface area (Å²) >= 11 is 0. The van der Waals surface area contributed by atoms with E-state index >= 15 is 0 Å². The predicted molar refractivity (Wildman–Crippen MR) is 84.0 cm³/mol. The molecule has 1 aliphatic heterocycles. The first-order chi connectivity index (χ1) is 9.60. The Hall–Kier alpha value is -1.16. The molecule has 0 bridgehead atoms. The molecule has 1 N–H and O–H groups in total. The molecule has 0 aliphatic carbocycles. The monoisotopic (exact) mass is 276 g/mol. The smallest absolute Gasteiger partial charge is 0.225 e. The molecule has 2 rings (SSSR count). The SMILES string of the molecule is CCC1CCN(c2ncc(CNC(C)C)c(C)n2)CC1. The first-order valence-corrected chi connectivity index (χ1v) is 7.91. The minimum atomic E-state index is 0.488. The van der Waals surface area contributed by atoms with Gasteiger partial charge in [-0.1, -0.05) is 27.2 Å². The second-order valence-electron chi connectivity index (χ2n) is 6.15. The quantitative estimate of drug-likeness (QED) is 0.898. The third kappa shape index (κ3) is 3.92. The summed E-state index contributed by atoms with van der Waals surface area (Å²) in [5, 5.41) is 3.42. The van der Waals surface area contributed by atoms with Gasteiger partial charge in [0.25, 0.3) is 0 Å². The average molecular weight is 276 g/mol. The summed E-state index contributed by atoms with van der Waals surface area (Å²) in [6, 6.07) is 0.488. The van der Waals surface area contributed by atoms with Crippen molar-refractivity contribution in [3.63, 3.8) is 0 Å². The van der Waals surface area contributed by atoms with Crippen LogP contribution >= 0.6 is 0 Å². The van der Waals surface area contributed by atoms with E-state index in [0.29, 0.717) is 6.04 Å². The Morgan fingerprint density at radius 1 is 1.35 bits per heavy atom. The number of hydrogen-bond acceptors (Lipinski definition) is 4. The van der Waals surface area contributed by atoms with Gasteiger partial charge in [0.15, 0.2) is 0 Å². The average Bonchev–Trinajstić information content (AvgIpc) is 2.46. The van der Waals surface area contributed by atoms with Gasteiger partial charge < -0.3 is 10.2 Å². The highest BCUT2D eigenvalue weighted by molar-refractivity contribution is 5.33. The molecule has 1 saturated heterocycles. The molecule has 0 amide bonds. The zero-order valence-corrected chi connectivity index (χ0v) is 13.3. The zero-order valence-electron chi connectivity index (χ0n) is 13.3. The molecular formula is C16H28N4. The lowest BCUT2D eigenvalue weighted by Gasteiger charge is -2.31. The second-order valence-corrected chi connectivity index (χ2v) is 6.15. The van der Waals surface area contributed by atoms with Crippen molar-refractivity contribution < 1.29 is 0 Å². The van der Waals surface area contributed by atoms with E-state index in [0.717, 1.165) is 37.2 Å². The number of rotatable bonds is 5. The van der Waals surface area contributed by atoms with Gasteiger partial charge in [-0.2, -0.15) is 0 Å². The molecule has 0 unspecified atom stereocenters. The summed E-state index contributed by atoms with van der Waals surface area (Å²) in [6.07, 6.45) is 5.83. The maximum absolute atomic E-state index is 4.70. The zero-order chi connectivity index (χ0) is 14.5. The third-order valence-corrected chi connectivity index (χ3v) is 4.24. The Bertz CT molecular complexity index is 422. The maximum Gasteiger partial charge on any atom is 0.225 e. The fraction of sp³-hybridized carbons (Fsp3) is 0.750. The molecule has 0 saturated carbocycles. The molecule has 112 valence electrons. The first kappa shape index (κ1) is 15.2. The largest absolute Gasteiger partial charge is 0.341 e. The number of nitrogens with zero attached hydrogens (tertiary/aromatic N) is 3. The molecule has 1 aromatic heterocycles. The van der Waals surface area contributed by atoms with Crippen molar-refractivity contribution in [2.75, 3.05) is 18.0 Å². The van der Waals surface area contributed by atoms with Crippen molar-refractivity contribution >= 4 is 5.95 Å². The molecule has 1 aromatic rings. The highest BCUT2D eigenvalue weighted by Crippen LogP contribution is 2.23. The van der Waals surface area contributed by atoms with Crippen LogP contribution in [0.2, 0.25) is 0 Å². The number of aryl methyl sites for hydroxylation is 1. The van der Waals surface area contributed by atoms with Crippen LogP contribution < -0.4 is 10.2 Å². The lowest BCUT2D eigenvalue weighted by Crippen LogP contribution is -2.35. The summed E-state index contributed by atoms with van der Waals surface area (Å²) in [7, 11) is 0. The molecule has 1 fully saturated rings. The molecule has 4 nitrogen and oxygen atoms in total. The van der Waals surface area contributed by atoms with E-state index in [9.17, 15) is 0 Å². The number of hydrogen-bond donors (Lipinski definition) is 1. The fourth-order valence-corrected chi connectivity index (χ4v) is 2.66. The molecule has 0 radical (unpaired) electrons. The molecule has 4 heteroatoms. The van der Waals surface area contributed by atoms with Crippen molar-refractivity contribution in [3.8, 4) is 0 Å². The topological polar surface area (TPSA) is 41.1 Å². The highest BCUT2D eigenvalue weighted by atomic mass is 15.3. The standard InChI is InChI=1S/C16H28N4/c1-5-14-6-8-20(9-7-14)16-18-11-15(13(4)19-16)10-17-12(2)3/h11-12,14,17H,5-10H2,1-4H3. The number of anilines is 1. The van der Waals surface area contributed by atoms with E-state index < -0.39 is 0 Å². The molecule has 0 atom stereocenters. The van der Waals surface area contributed by atoms with Gasteiger partial charge in [-0.15, -0.1) is 0 Å². The molecule has 2 heterocycles. The summed E-state index contributed by atoms with van der Waals surface area (Å²) in [4.78, 5) is 11.6. The lowest BCUT2D eigenvalue weighted by atomic mass is 9.95. The van der Waals surface area contributed by atoms with Crippen LogP contribution in [0.5, 0.6) is 0 Å². The van der Waals surface area contributed by atoms with E-state index in [2.05, 4.69) is 42.9 Å². The minimum Gasteiger partial charge on any atom is -0.341 e. The van der Waals surface area contributed by atoms with E-state index in [4.69, 9.17) is 4.98 Å². The van der Waals surface area contributed by atoms with Crippen LogP contribution in [0.25, 0.3) is 0 Å². The Labute approximate surface area is 123 Å². The van der Waals surface area contributed by atoms with E-state index in [1.54, 1.807) is 0 Å². The predicted octanol–water partition coefficient (Wildman–Crippen LogP) is 2.91. The Balaban J connectivity index is 1.98. The molecule has 0 aromatic carbocycles. The molecule has 0 spiro atoms. The number of nitrogens with one attached hydrogen (secondary N) is 1. The molecular weight excluding hydrogens is 248 g/mol. The summed E-state index contributed by atoms with van der Waals surface area (Å²) in [5.74, 6) is 1.80. The van der Waals surface area contributed by atoms with Gasteiger partial charge >= 0.3 is 0 Å². The normalized spacial score (nSPS) is 16.9.